The maximum absolute atomic E-state index is 13.8. The Labute approximate surface area is 207 Å². The van der Waals surface area contributed by atoms with Crippen LogP contribution in [-0.4, -0.2) is 55.5 Å². The average molecular weight is 496 g/mol. The highest BCUT2D eigenvalue weighted by molar-refractivity contribution is 7.90. The first-order chi connectivity index (χ1) is 16.3. The van der Waals surface area contributed by atoms with Crippen molar-refractivity contribution in [3.05, 3.63) is 59.8 Å². The number of aromatic amines is 1. The molecule has 186 valence electrons. The van der Waals surface area contributed by atoms with Crippen molar-refractivity contribution >= 4 is 38.2 Å². The predicted molar refractivity (Wildman–Crippen MR) is 139 cm³/mol. The highest BCUT2D eigenvalue weighted by Gasteiger charge is 2.31. The molecule has 1 fully saturated rings. The summed E-state index contributed by atoms with van der Waals surface area (Å²) in [5.74, 6) is -0.140. The Kier molecular flexibility index (Phi) is 6.53. The molecule has 2 aromatic carbocycles. The molecule has 1 saturated heterocycles. The van der Waals surface area contributed by atoms with E-state index in [2.05, 4.69) is 31.8 Å². The topological polar surface area (TPSA) is 90.6 Å². The number of likely N-dealkylation sites (tertiary alicyclic amines) is 1. The molecule has 0 bridgehead atoms. The zero-order valence-electron chi connectivity index (χ0n) is 21.0. The summed E-state index contributed by atoms with van der Waals surface area (Å²) >= 11 is 0. The number of piperidine rings is 1. The van der Waals surface area contributed by atoms with Gasteiger partial charge in [0.2, 0.25) is 5.91 Å². The van der Waals surface area contributed by atoms with Crippen LogP contribution in [0.5, 0.6) is 0 Å². The van der Waals surface area contributed by atoms with Crippen molar-refractivity contribution < 1.29 is 18.0 Å². The summed E-state index contributed by atoms with van der Waals surface area (Å²) in [7, 11) is -3.35. The van der Waals surface area contributed by atoms with Crippen LogP contribution in [-0.2, 0) is 20.0 Å². The van der Waals surface area contributed by atoms with E-state index in [-0.39, 0.29) is 28.2 Å². The predicted octanol–water partition coefficient (Wildman–Crippen LogP) is 4.53. The van der Waals surface area contributed by atoms with Gasteiger partial charge in [-0.1, -0.05) is 20.8 Å². The van der Waals surface area contributed by atoms with Crippen molar-refractivity contribution in [2.75, 3.05) is 24.2 Å². The van der Waals surface area contributed by atoms with Gasteiger partial charge in [0.15, 0.2) is 9.84 Å². The number of hydrogen-bond acceptors (Lipinski definition) is 4. The number of nitrogens with one attached hydrogen (secondary N) is 1. The molecule has 0 unspecified atom stereocenters. The lowest BCUT2D eigenvalue weighted by atomic mass is 9.92. The summed E-state index contributed by atoms with van der Waals surface area (Å²) < 4.78 is 23.7. The summed E-state index contributed by atoms with van der Waals surface area (Å²) in [4.78, 5) is 32.9. The lowest BCUT2D eigenvalue weighted by Crippen LogP contribution is -2.48. The first-order valence-electron chi connectivity index (χ1n) is 11.9. The van der Waals surface area contributed by atoms with Crippen LogP contribution < -0.4 is 4.90 Å². The standard InChI is InChI=1S/C27H33N3O4S/c1-18(31)29-14-12-21(13-15-29)30(26(32)19-6-9-23(10-7-19)35(5,33)34)22-8-11-24-20(16-22)17-25(28-24)27(2,3)4/h6-11,16-17,21,28H,12-15H2,1-5H3. The quantitative estimate of drug-likeness (QED) is 0.576. The van der Waals surface area contributed by atoms with E-state index in [0.29, 0.717) is 31.5 Å². The van der Waals surface area contributed by atoms with Gasteiger partial charge in [0, 0.05) is 65.6 Å². The molecule has 0 atom stereocenters. The van der Waals surface area contributed by atoms with Crippen LogP contribution in [0.4, 0.5) is 5.69 Å². The second-order valence-corrected chi connectivity index (χ2v) is 12.4. The fraction of sp³-hybridized carbons (Fsp3) is 0.407. The van der Waals surface area contributed by atoms with Crippen LogP contribution in [0.3, 0.4) is 0 Å². The summed E-state index contributed by atoms with van der Waals surface area (Å²) in [5.41, 5.74) is 3.31. The van der Waals surface area contributed by atoms with Crippen molar-refractivity contribution in [3.8, 4) is 0 Å². The summed E-state index contributed by atoms with van der Waals surface area (Å²) in [6.07, 6.45) is 2.49. The number of aromatic nitrogens is 1. The molecule has 1 aliphatic heterocycles. The number of anilines is 1. The first-order valence-corrected chi connectivity index (χ1v) is 13.8. The molecule has 8 heteroatoms. The number of fused-ring (bicyclic) bond motifs is 1. The number of carbonyl (C=O) groups excluding carboxylic acids is 2. The van der Waals surface area contributed by atoms with Gasteiger partial charge in [0.05, 0.1) is 4.90 Å². The highest BCUT2D eigenvalue weighted by atomic mass is 32.2. The van der Waals surface area contributed by atoms with Crippen molar-refractivity contribution in [2.45, 2.75) is 56.9 Å². The van der Waals surface area contributed by atoms with E-state index < -0.39 is 9.84 Å². The van der Waals surface area contributed by atoms with E-state index in [9.17, 15) is 18.0 Å². The number of amides is 2. The molecule has 1 N–H and O–H groups in total. The number of sulfone groups is 1. The minimum atomic E-state index is -3.35. The molecule has 1 aromatic heterocycles. The second-order valence-electron chi connectivity index (χ2n) is 10.4. The molecular formula is C27H33N3O4S. The maximum atomic E-state index is 13.8. The molecule has 7 nitrogen and oxygen atoms in total. The molecule has 4 rings (SSSR count). The van der Waals surface area contributed by atoms with Gasteiger partial charge < -0.3 is 14.8 Å². The SMILES string of the molecule is CC(=O)N1CCC(N(C(=O)c2ccc(S(C)(=O)=O)cc2)c2ccc3[nH]c(C(C)(C)C)cc3c2)CC1. The number of benzene rings is 2. The Balaban J connectivity index is 1.73. The third kappa shape index (κ3) is 5.27. The van der Waals surface area contributed by atoms with Crippen LogP contribution in [0.25, 0.3) is 10.9 Å². The van der Waals surface area contributed by atoms with Gasteiger partial charge in [-0.25, -0.2) is 8.42 Å². The minimum Gasteiger partial charge on any atom is -0.358 e. The fourth-order valence-corrected chi connectivity index (χ4v) is 5.22. The molecule has 3 aromatic rings. The number of hydrogen-bond donors (Lipinski definition) is 1. The van der Waals surface area contributed by atoms with Crippen LogP contribution in [0, 0.1) is 0 Å². The Morgan fingerprint density at radius 3 is 2.17 bits per heavy atom. The average Bonchev–Trinajstić information content (AvgIpc) is 3.23. The molecular weight excluding hydrogens is 462 g/mol. The van der Waals surface area contributed by atoms with Crippen LogP contribution in [0.15, 0.2) is 53.4 Å². The molecule has 35 heavy (non-hydrogen) atoms. The van der Waals surface area contributed by atoms with Gasteiger partial charge in [-0.05, 0) is 61.4 Å². The molecule has 0 radical (unpaired) electrons. The first kappa shape index (κ1) is 25.0. The molecule has 0 saturated carbocycles. The third-order valence-electron chi connectivity index (χ3n) is 6.71. The number of nitrogens with zero attached hydrogens (tertiary/aromatic N) is 2. The fourth-order valence-electron chi connectivity index (χ4n) is 4.59. The van der Waals surface area contributed by atoms with Crippen LogP contribution in [0.2, 0.25) is 0 Å². The van der Waals surface area contributed by atoms with Gasteiger partial charge >= 0.3 is 0 Å². The number of rotatable bonds is 4. The van der Waals surface area contributed by atoms with E-state index in [1.807, 2.05) is 28.0 Å². The van der Waals surface area contributed by atoms with Crippen molar-refractivity contribution in [3.63, 3.8) is 0 Å². The van der Waals surface area contributed by atoms with Gasteiger partial charge in [0.25, 0.3) is 5.91 Å². The van der Waals surface area contributed by atoms with E-state index in [4.69, 9.17) is 0 Å². The van der Waals surface area contributed by atoms with Gasteiger partial charge in [-0.15, -0.1) is 0 Å². The zero-order chi connectivity index (χ0) is 25.5. The molecule has 2 amide bonds. The van der Waals surface area contributed by atoms with Crippen molar-refractivity contribution in [1.29, 1.82) is 0 Å². The number of carbonyl (C=O) groups is 2. The van der Waals surface area contributed by atoms with E-state index in [1.165, 1.54) is 12.1 Å². The minimum absolute atomic E-state index is 0.0322. The second kappa shape index (κ2) is 9.15. The lowest BCUT2D eigenvalue weighted by Gasteiger charge is -2.38. The molecule has 1 aliphatic rings. The summed E-state index contributed by atoms with van der Waals surface area (Å²) in [5, 5.41) is 1.03. The van der Waals surface area contributed by atoms with E-state index in [0.717, 1.165) is 28.5 Å². The van der Waals surface area contributed by atoms with Gasteiger partial charge in [0.1, 0.15) is 0 Å². The Morgan fingerprint density at radius 2 is 1.63 bits per heavy atom. The van der Waals surface area contributed by atoms with E-state index >= 15 is 0 Å². The molecule has 2 heterocycles. The van der Waals surface area contributed by atoms with Crippen molar-refractivity contribution in [1.82, 2.24) is 9.88 Å². The normalized spacial score (nSPS) is 15.4. The Hall–Kier alpha value is -3.13. The smallest absolute Gasteiger partial charge is 0.258 e. The van der Waals surface area contributed by atoms with E-state index in [1.54, 1.807) is 19.1 Å². The van der Waals surface area contributed by atoms with Crippen molar-refractivity contribution in [2.24, 2.45) is 0 Å². The van der Waals surface area contributed by atoms with Gasteiger partial charge in [-0.3, -0.25) is 9.59 Å². The monoisotopic (exact) mass is 495 g/mol. The Bertz CT molecular complexity index is 1360. The van der Waals surface area contributed by atoms with Gasteiger partial charge in [-0.2, -0.15) is 0 Å². The summed E-state index contributed by atoms with van der Waals surface area (Å²) in [6, 6.07) is 14.1. The Morgan fingerprint density at radius 1 is 1.00 bits per heavy atom. The summed E-state index contributed by atoms with van der Waals surface area (Å²) in [6.45, 7) is 9.21. The third-order valence-corrected chi connectivity index (χ3v) is 7.84. The zero-order valence-corrected chi connectivity index (χ0v) is 21.8. The highest BCUT2D eigenvalue weighted by Crippen LogP contribution is 2.32. The van der Waals surface area contributed by atoms with Crippen LogP contribution >= 0.6 is 0 Å². The largest absolute Gasteiger partial charge is 0.358 e. The molecule has 0 aliphatic carbocycles. The number of H-pyrrole nitrogens is 1. The maximum Gasteiger partial charge on any atom is 0.258 e. The lowest BCUT2D eigenvalue weighted by molar-refractivity contribution is -0.129. The van der Waals surface area contributed by atoms with Crippen LogP contribution in [0.1, 0.15) is 56.6 Å². The molecule has 0 spiro atoms.